The van der Waals surface area contributed by atoms with Crippen LogP contribution in [-0.2, 0) is 13.0 Å². The van der Waals surface area contributed by atoms with Gasteiger partial charge in [-0.25, -0.2) is 4.98 Å². The van der Waals surface area contributed by atoms with Gasteiger partial charge in [-0.3, -0.25) is 9.79 Å². The largest absolute Gasteiger partial charge is 0.468 e. The summed E-state index contributed by atoms with van der Waals surface area (Å²) in [7, 11) is 3.22. The molecule has 3 N–H and O–H groups in total. The van der Waals surface area contributed by atoms with Crippen LogP contribution in [0.4, 0.5) is 13.2 Å². The van der Waals surface area contributed by atoms with Gasteiger partial charge in [-0.05, 0) is 29.7 Å². The van der Waals surface area contributed by atoms with Crippen LogP contribution < -0.4 is 20.7 Å². The van der Waals surface area contributed by atoms with Gasteiger partial charge >= 0.3 is 6.18 Å². The predicted octanol–water partition coefficient (Wildman–Crippen LogP) is 2.29. The number of halogens is 3. The Kier molecular flexibility index (Phi) is 8.45. The maximum absolute atomic E-state index is 12.2. The Hall–Kier alpha value is -3.30. The van der Waals surface area contributed by atoms with E-state index < -0.39 is 12.8 Å². The maximum Gasteiger partial charge on any atom is 0.422 e. The molecule has 0 aliphatic carbocycles. The number of carbonyl (C=O) groups excluding carboxylic acids is 1. The van der Waals surface area contributed by atoms with Crippen LogP contribution in [0.15, 0.2) is 47.6 Å². The van der Waals surface area contributed by atoms with Crippen molar-refractivity contribution in [3.05, 3.63) is 59.3 Å². The van der Waals surface area contributed by atoms with E-state index >= 15 is 0 Å². The monoisotopic (exact) mass is 423 g/mol. The molecule has 2 aromatic rings. The van der Waals surface area contributed by atoms with Crippen molar-refractivity contribution in [1.29, 1.82) is 0 Å². The standard InChI is InChI=1S/C20H24F3N5O2/c1-24-18(29)16-5-3-4-14(10-16)8-9-26-19(25-2)28-12-15-6-7-17(27-11-15)30-13-20(21,22)23/h3-7,10-11H,8-9,12-13H2,1-2H3,(H,24,29)(H2,25,26,28). The van der Waals surface area contributed by atoms with E-state index in [1.807, 2.05) is 18.2 Å². The fraction of sp³-hybridized carbons (Fsp3) is 0.350. The third-order valence-corrected chi connectivity index (χ3v) is 3.99. The first kappa shape index (κ1) is 23.0. The summed E-state index contributed by atoms with van der Waals surface area (Å²) in [6.45, 7) is -0.391. The lowest BCUT2D eigenvalue weighted by Crippen LogP contribution is -2.37. The number of ether oxygens (including phenoxy) is 1. The first-order valence-electron chi connectivity index (χ1n) is 9.20. The topological polar surface area (TPSA) is 87.6 Å². The van der Waals surface area contributed by atoms with Crippen LogP contribution in [-0.4, -0.2) is 50.3 Å². The van der Waals surface area contributed by atoms with Crippen LogP contribution in [0.5, 0.6) is 5.88 Å². The summed E-state index contributed by atoms with van der Waals surface area (Å²) in [4.78, 5) is 19.7. The minimum Gasteiger partial charge on any atom is -0.468 e. The zero-order valence-electron chi connectivity index (χ0n) is 16.7. The van der Waals surface area contributed by atoms with Gasteiger partial charge in [0.25, 0.3) is 5.91 Å². The number of carbonyl (C=O) groups is 1. The molecule has 1 heterocycles. The van der Waals surface area contributed by atoms with E-state index in [2.05, 4.69) is 30.7 Å². The Labute approximate surface area is 172 Å². The SMILES string of the molecule is CN=C(NCCc1cccc(C(=O)NC)c1)NCc1ccc(OCC(F)(F)F)nc1. The number of alkyl halides is 3. The molecule has 1 aromatic heterocycles. The molecule has 1 amide bonds. The van der Waals surface area contributed by atoms with E-state index in [4.69, 9.17) is 0 Å². The highest BCUT2D eigenvalue weighted by molar-refractivity contribution is 5.94. The summed E-state index contributed by atoms with van der Waals surface area (Å²) >= 11 is 0. The van der Waals surface area contributed by atoms with E-state index in [0.717, 1.165) is 11.1 Å². The van der Waals surface area contributed by atoms with Crippen LogP contribution in [0.3, 0.4) is 0 Å². The quantitative estimate of drug-likeness (QED) is 0.448. The lowest BCUT2D eigenvalue weighted by molar-refractivity contribution is -0.154. The van der Waals surface area contributed by atoms with E-state index in [0.29, 0.717) is 31.0 Å². The fourth-order valence-electron chi connectivity index (χ4n) is 2.50. The van der Waals surface area contributed by atoms with Crippen LogP contribution in [0.1, 0.15) is 21.5 Å². The van der Waals surface area contributed by atoms with Gasteiger partial charge in [-0.1, -0.05) is 18.2 Å². The van der Waals surface area contributed by atoms with Crippen molar-refractivity contribution >= 4 is 11.9 Å². The van der Waals surface area contributed by atoms with Gasteiger partial charge in [-0.15, -0.1) is 0 Å². The molecule has 0 spiro atoms. The van der Waals surface area contributed by atoms with Gasteiger partial charge in [0.05, 0.1) is 0 Å². The number of hydrogen-bond acceptors (Lipinski definition) is 4. The normalized spacial score (nSPS) is 11.7. The van der Waals surface area contributed by atoms with Crippen LogP contribution >= 0.6 is 0 Å². The Morgan fingerprint density at radius 3 is 2.60 bits per heavy atom. The van der Waals surface area contributed by atoms with Crippen molar-refractivity contribution in [3.8, 4) is 5.88 Å². The molecule has 0 saturated carbocycles. The molecule has 1 aromatic carbocycles. The number of nitrogens with zero attached hydrogens (tertiary/aromatic N) is 2. The summed E-state index contributed by atoms with van der Waals surface area (Å²) < 4.78 is 41.0. The molecule has 0 radical (unpaired) electrons. The zero-order valence-corrected chi connectivity index (χ0v) is 16.7. The van der Waals surface area contributed by atoms with Crippen LogP contribution in [0, 0.1) is 0 Å². The third kappa shape index (κ3) is 7.98. The Bertz CT molecular complexity index is 854. The Morgan fingerprint density at radius 2 is 1.97 bits per heavy atom. The second kappa shape index (κ2) is 11.0. The minimum atomic E-state index is -4.40. The van der Waals surface area contributed by atoms with E-state index in [1.165, 1.54) is 12.3 Å². The maximum atomic E-state index is 12.2. The smallest absolute Gasteiger partial charge is 0.422 e. The number of rotatable bonds is 8. The van der Waals surface area contributed by atoms with Crippen molar-refractivity contribution in [3.63, 3.8) is 0 Å². The summed E-state index contributed by atoms with van der Waals surface area (Å²) in [6.07, 6.45) is -2.27. The molecule has 0 saturated heterocycles. The first-order chi connectivity index (χ1) is 14.3. The lowest BCUT2D eigenvalue weighted by Gasteiger charge is -2.13. The van der Waals surface area contributed by atoms with Gasteiger partial charge in [0.1, 0.15) is 0 Å². The van der Waals surface area contributed by atoms with Crippen molar-refractivity contribution < 1.29 is 22.7 Å². The summed E-state index contributed by atoms with van der Waals surface area (Å²) in [6, 6.07) is 10.4. The molecule has 0 aliphatic heterocycles. The molecule has 162 valence electrons. The van der Waals surface area contributed by atoms with Crippen molar-refractivity contribution in [1.82, 2.24) is 20.9 Å². The van der Waals surface area contributed by atoms with E-state index in [9.17, 15) is 18.0 Å². The second-order valence-corrected chi connectivity index (χ2v) is 6.29. The summed E-state index contributed by atoms with van der Waals surface area (Å²) in [5.41, 5.74) is 2.38. The van der Waals surface area contributed by atoms with Crippen molar-refractivity contribution in [2.24, 2.45) is 4.99 Å². The molecule has 30 heavy (non-hydrogen) atoms. The molecule has 0 atom stereocenters. The molecule has 0 fully saturated rings. The Morgan fingerprint density at radius 1 is 1.17 bits per heavy atom. The number of aromatic nitrogens is 1. The predicted molar refractivity (Wildman–Crippen MR) is 108 cm³/mol. The number of guanidine groups is 1. The van der Waals surface area contributed by atoms with Gasteiger partial charge in [0.2, 0.25) is 5.88 Å². The molecular weight excluding hydrogens is 399 g/mol. The molecule has 7 nitrogen and oxygen atoms in total. The zero-order chi connectivity index (χ0) is 22.0. The number of benzene rings is 1. The highest BCUT2D eigenvalue weighted by atomic mass is 19.4. The first-order valence-corrected chi connectivity index (χ1v) is 9.20. The number of aliphatic imine (C=N–C) groups is 1. The fourth-order valence-corrected chi connectivity index (χ4v) is 2.50. The second-order valence-electron chi connectivity index (χ2n) is 6.29. The van der Waals surface area contributed by atoms with Gasteiger partial charge in [0, 0.05) is 45.0 Å². The van der Waals surface area contributed by atoms with Gasteiger partial charge in [-0.2, -0.15) is 13.2 Å². The summed E-state index contributed by atoms with van der Waals surface area (Å²) in [5, 5.41) is 8.86. The average molecular weight is 423 g/mol. The molecule has 2 rings (SSSR count). The molecule has 10 heteroatoms. The molecular formula is C20H24F3N5O2. The van der Waals surface area contributed by atoms with Crippen LogP contribution in [0.2, 0.25) is 0 Å². The lowest BCUT2D eigenvalue weighted by atomic mass is 10.1. The summed E-state index contributed by atoms with van der Waals surface area (Å²) in [5.74, 6) is 0.346. The highest BCUT2D eigenvalue weighted by Crippen LogP contribution is 2.17. The highest BCUT2D eigenvalue weighted by Gasteiger charge is 2.28. The minimum absolute atomic E-state index is 0.0856. The third-order valence-electron chi connectivity index (χ3n) is 3.99. The number of amides is 1. The van der Waals surface area contributed by atoms with E-state index in [1.54, 1.807) is 26.2 Å². The van der Waals surface area contributed by atoms with E-state index in [-0.39, 0.29) is 11.8 Å². The number of nitrogens with one attached hydrogen (secondary N) is 3. The van der Waals surface area contributed by atoms with Crippen molar-refractivity contribution in [2.45, 2.75) is 19.1 Å². The average Bonchev–Trinajstić information content (AvgIpc) is 2.74. The van der Waals surface area contributed by atoms with Crippen LogP contribution in [0.25, 0.3) is 0 Å². The molecule has 0 aliphatic rings. The Balaban J connectivity index is 1.78. The van der Waals surface area contributed by atoms with Gasteiger partial charge < -0.3 is 20.7 Å². The number of pyridine rings is 1. The van der Waals surface area contributed by atoms with Gasteiger partial charge in [0.15, 0.2) is 12.6 Å². The van der Waals surface area contributed by atoms with Crippen molar-refractivity contribution in [2.75, 3.05) is 27.2 Å². The number of hydrogen-bond donors (Lipinski definition) is 3. The molecule has 0 bridgehead atoms. The molecule has 0 unspecified atom stereocenters.